The zero-order chi connectivity index (χ0) is 14.4. The lowest BCUT2D eigenvalue weighted by atomic mass is 9.88. The van der Waals surface area contributed by atoms with Gasteiger partial charge in [0.2, 0.25) is 0 Å². The number of nitrogens with one attached hydrogen (secondary N) is 1. The third-order valence-corrected chi connectivity index (χ3v) is 4.27. The molecule has 2 atom stereocenters. The Labute approximate surface area is 123 Å². The lowest BCUT2D eigenvalue weighted by Crippen LogP contribution is -2.21. The minimum Gasteiger partial charge on any atom is -0.478 e. The highest BCUT2D eigenvalue weighted by atomic mass is 79.9. The molecule has 1 aliphatic heterocycles. The van der Waals surface area contributed by atoms with E-state index in [-0.39, 0.29) is 17.5 Å². The standard InChI is InChI=1S/C14H11BrN2O3/c15-9-4-3-8(13(16)18)12-11(9)7-2-1-6(14(19)20)5-10(7)17-12/h1-5,7,10,17H,(H2,16,18)(H,19,20). The molecule has 0 aromatic heterocycles. The molecule has 2 unspecified atom stereocenters. The molecule has 0 spiro atoms. The number of amides is 1. The topological polar surface area (TPSA) is 92.4 Å². The average Bonchev–Trinajstić information content (AvgIpc) is 2.77. The number of rotatable bonds is 2. The molecule has 3 rings (SSSR count). The van der Waals surface area contributed by atoms with E-state index in [2.05, 4.69) is 21.2 Å². The molecule has 0 saturated carbocycles. The van der Waals surface area contributed by atoms with Crippen molar-refractivity contribution >= 4 is 33.5 Å². The number of carbonyl (C=O) groups is 2. The van der Waals surface area contributed by atoms with E-state index in [0.29, 0.717) is 11.3 Å². The molecule has 0 bridgehead atoms. The molecule has 4 N–H and O–H groups in total. The van der Waals surface area contributed by atoms with Crippen LogP contribution in [0.2, 0.25) is 0 Å². The fourth-order valence-corrected chi connectivity index (χ4v) is 3.27. The smallest absolute Gasteiger partial charge is 0.335 e. The molecule has 1 amide bonds. The van der Waals surface area contributed by atoms with Crippen molar-refractivity contribution in [1.82, 2.24) is 0 Å². The summed E-state index contributed by atoms with van der Waals surface area (Å²) in [5.74, 6) is -1.49. The minimum absolute atomic E-state index is 0.0122. The highest BCUT2D eigenvalue weighted by Crippen LogP contribution is 2.45. The lowest BCUT2D eigenvalue weighted by molar-refractivity contribution is -0.132. The summed E-state index contributed by atoms with van der Waals surface area (Å²) in [4.78, 5) is 22.5. The summed E-state index contributed by atoms with van der Waals surface area (Å²) >= 11 is 3.47. The highest BCUT2D eigenvalue weighted by Gasteiger charge is 2.35. The van der Waals surface area contributed by atoms with Gasteiger partial charge < -0.3 is 16.2 Å². The van der Waals surface area contributed by atoms with Gasteiger partial charge in [0, 0.05) is 10.4 Å². The largest absolute Gasteiger partial charge is 0.478 e. The van der Waals surface area contributed by atoms with Crippen LogP contribution < -0.4 is 11.1 Å². The van der Waals surface area contributed by atoms with Crippen LogP contribution >= 0.6 is 15.9 Å². The van der Waals surface area contributed by atoms with E-state index in [4.69, 9.17) is 10.8 Å². The van der Waals surface area contributed by atoms with Crippen LogP contribution in [0.4, 0.5) is 5.69 Å². The predicted molar refractivity (Wildman–Crippen MR) is 77.7 cm³/mol. The first-order valence-electron chi connectivity index (χ1n) is 6.01. The van der Waals surface area contributed by atoms with Gasteiger partial charge in [0.05, 0.1) is 22.9 Å². The van der Waals surface area contributed by atoms with Gasteiger partial charge in [0.1, 0.15) is 0 Å². The summed E-state index contributed by atoms with van der Waals surface area (Å²) < 4.78 is 0.870. The summed E-state index contributed by atoms with van der Waals surface area (Å²) in [5.41, 5.74) is 7.64. The third kappa shape index (κ3) is 1.84. The van der Waals surface area contributed by atoms with Crippen LogP contribution in [0.1, 0.15) is 21.8 Å². The van der Waals surface area contributed by atoms with Crippen molar-refractivity contribution in [3.8, 4) is 0 Å². The molecule has 0 fully saturated rings. The number of aliphatic carboxylic acids is 1. The maximum absolute atomic E-state index is 11.5. The van der Waals surface area contributed by atoms with Gasteiger partial charge in [-0.15, -0.1) is 0 Å². The van der Waals surface area contributed by atoms with Gasteiger partial charge in [0.25, 0.3) is 5.91 Å². The van der Waals surface area contributed by atoms with Crippen LogP contribution in [-0.4, -0.2) is 23.0 Å². The number of fused-ring (bicyclic) bond motifs is 3. The van der Waals surface area contributed by atoms with E-state index in [1.807, 2.05) is 6.08 Å². The van der Waals surface area contributed by atoms with Crippen molar-refractivity contribution < 1.29 is 14.7 Å². The highest BCUT2D eigenvalue weighted by molar-refractivity contribution is 9.10. The van der Waals surface area contributed by atoms with E-state index in [1.54, 1.807) is 24.3 Å². The maximum atomic E-state index is 11.5. The van der Waals surface area contributed by atoms with Crippen molar-refractivity contribution in [2.45, 2.75) is 12.0 Å². The molecule has 1 aliphatic carbocycles. The van der Waals surface area contributed by atoms with Crippen LogP contribution in [0.25, 0.3) is 0 Å². The Bertz CT molecular complexity index is 694. The van der Waals surface area contributed by atoms with Crippen molar-refractivity contribution in [2.24, 2.45) is 5.73 Å². The third-order valence-electron chi connectivity index (χ3n) is 3.58. The molecule has 1 aromatic rings. The van der Waals surface area contributed by atoms with E-state index < -0.39 is 11.9 Å². The Morgan fingerprint density at radius 1 is 1.35 bits per heavy atom. The number of hydrogen-bond acceptors (Lipinski definition) is 3. The fourth-order valence-electron chi connectivity index (χ4n) is 2.68. The van der Waals surface area contributed by atoms with Crippen molar-refractivity contribution in [3.63, 3.8) is 0 Å². The van der Waals surface area contributed by atoms with Crippen molar-refractivity contribution in [3.05, 3.63) is 51.5 Å². The molecule has 102 valence electrons. The summed E-state index contributed by atoms with van der Waals surface area (Å²) in [7, 11) is 0. The van der Waals surface area contributed by atoms with E-state index in [1.165, 1.54) is 0 Å². The molecule has 6 heteroatoms. The quantitative estimate of drug-likeness (QED) is 0.771. The molecular weight excluding hydrogens is 324 g/mol. The van der Waals surface area contributed by atoms with Crippen LogP contribution in [0, 0.1) is 0 Å². The second kappa shape index (κ2) is 4.49. The Morgan fingerprint density at radius 3 is 2.75 bits per heavy atom. The molecule has 1 heterocycles. The number of carbonyl (C=O) groups excluding carboxylic acids is 1. The molecular formula is C14H11BrN2O3. The first-order valence-corrected chi connectivity index (χ1v) is 6.80. The number of nitrogens with two attached hydrogens (primary N) is 1. The maximum Gasteiger partial charge on any atom is 0.335 e. The summed E-state index contributed by atoms with van der Waals surface area (Å²) in [6, 6.07) is 3.26. The van der Waals surface area contributed by atoms with Gasteiger partial charge in [-0.05, 0) is 23.8 Å². The van der Waals surface area contributed by atoms with Gasteiger partial charge in [-0.2, -0.15) is 0 Å². The summed E-state index contributed by atoms with van der Waals surface area (Å²) in [6.45, 7) is 0. The number of primary amides is 1. The number of benzene rings is 1. The van der Waals surface area contributed by atoms with Crippen LogP contribution in [0.5, 0.6) is 0 Å². The van der Waals surface area contributed by atoms with E-state index in [0.717, 1.165) is 10.0 Å². The number of carboxylic acids is 1. The summed E-state index contributed by atoms with van der Waals surface area (Å²) in [5, 5.41) is 12.2. The number of carboxylic acid groups (broad SMARTS) is 1. The van der Waals surface area contributed by atoms with Gasteiger partial charge in [-0.25, -0.2) is 4.79 Å². The minimum atomic E-state index is -0.966. The number of hydrogen-bond donors (Lipinski definition) is 3. The van der Waals surface area contributed by atoms with Gasteiger partial charge >= 0.3 is 5.97 Å². The monoisotopic (exact) mass is 334 g/mol. The Kier molecular flexibility index (Phi) is 2.90. The Balaban J connectivity index is 2.11. The lowest BCUT2D eigenvalue weighted by Gasteiger charge is -2.18. The average molecular weight is 335 g/mol. The zero-order valence-corrected chi connectivity index (χ0v) is 11.8. The van der Waals surface area contributed by atoms with Crippen molar-refractivity contribution in [1.29, 1.82) is 0 Å². The Hall–Kier alpha value is -2.08. The molecule has 0 radical (unpaired) electrons. The summed E-state index contributed by atoms with van der Waals surface area (Å²) in [6.07, 6.45) is 5.08. The van der Waals surface area contributed by atoms with E-state index >= 15 is 0 Å². The molecule has 0 saturated heterocycles. The number of anilines is 1. The SMILES string of the molecule is NC(=O)c1ccc(Br)c2c1NC1C=C(C(=O)O)C=CC21. The van der Waals surface area contributed by atoms with Crippen molar-refractivity contribution in [2.75, 3.05) is 5.32 Å². The number of halogens is 1. The Morgan fingerprint density at radius 2 is 2.10 bits per heavy atom. The van der Waals surface area contributed by atoms with Gasteiger partial charge in [-0.1, -0.05) is 28.1 Å². The predicted octanol–water partition coefficient (Wildman–Crippen LogP) is 2.01. The normalized spacial score (nSPS) is 22.6. The molecule has 5 nitrogen and oxygen atoms in total. The second-order valence-corrected chi connectivity index (χ2v) is 5.58. The second-order valence-electron chi connectivity index (χ2n) is 4.73. The zero-order valence-electron chi connectivity index (χ0n) is 10.3. The van der Waals surface area contributed by atoms with E-state index in [9.17, 15) is 9.59 Å². The van der Waals surface area contributed by atoms with Crippen LogP contribution in [-0.2, 0) is 4.79 Å². The van der Waals surface area contributed by atoms with Crippen LogP contribution in [0.3, 0.4) is 0 Å². The van der Waals surface area contributed by atoms with Gasteiger partial charge in [0.15, 0.2) is 0 Å². The molecule has 20 heavy (non-hydrogen) atoms. The fraction of sp³-hybridized carbons (Fsp3) is 0.143. The van der Waals surface area contributed by atoms with Crippen LogP contribution in [0.15, 0.2) is 40.4 Å². The first kappa shape index (κ1) is 12.9. The molecule has 2 aliphatic rings. The molecule has 1 aromatic carbocycles. The van der Waals surface area contributed by atoms with Gasteiger partial charge in [-0.3, -0.25) is 4.79 Å². The first-order chi connectivity index (χ1) is 9.49.